The van der Waals surface area contributed by atoms with Crippen molar-refractivity contribution in [2.75, 3.05) is 6.54 Å². The van der Waals surface area contributed by atoms with Gasteiger partial charge in [-0.25, -0.2) is 18.0 Å². The van der Waals surface area contributed by atoms with Crippen LogP contribution in [0.15, 0.2) is 12.1 Å². The molecule has 1 aliphatic heterocycles. The van der Waals surface area contributed by atoms with Gasteiger partial charge in [0.2, 0.25) is 5.91 Å². The largest absolute Gasteiger partial charge is 0.444 e. The van der Waals surface area contributed by atoms with Crippen LogP contribution in [0.25, 0.3) is 0 Å². The minimum Gasteiger partial charge on any atom is -0.444 e. The quantitative estimate of drug-likeness (QED) is 0.698. The molecule has 1 aromatic rings. The lowest BCUT2D eigenvalue weighted by Gasteiger charge is -2.41. The molecule has 1 saturated heterocycles. The number of rotatable bonds is 3. The normalized spacial score (nSPS) is 20.8. The first-order chi connectivity index (χ1) is 13.6. The lowest BCUT2D eigenvalue weighted by atomic mass is 9.83. The highest BCUT2D eigenvalue weighted by Gasteiger charge is 2.46. The molecule has 0 aliphatic carbocycles. The summed E-state index contributed by atoms with van der Waals surface area (Å²) in [4.78, 5) is 27.4. The summed E-state index contributed by atoms with van der Waals surface area (Å²) in [5.74, 6) is -4.54. The first kappa shape index (κ1) is 24.0. The first-order valence-electron chi connectivity index (χ1n) is 10.0. The molecule has 0 radical (unpaired) electrons. The van der Waals surface area contributed by atoms with Crippen molar-refractivity contribution in [1.82, 2.24) is 10.2 Å². The van der Waals surface area contributed by atoms with Gasteiger partial charge in [-0.3, -0.25) is 4.79 Å². The minimum absolute atomic E-state index is 0.176. The molecule has 1 aromatic carbocycles. The molecule has 168 valence electrons. The standard InChI is InChI=1S/C22H31F3N2O3/c1-20(2,3)17(26-19(29)30-21(4,5)6)18(28)27-10-8-9-22(27,7)13-11-14(23)16(25)15(24)12-13/h11-12,17H,8-10H2,1-7H3,(H,26,29)/t17?,22-/m1/s1. The van der Waals surface area contributed by atoms with E-state index >= 15 is 0 Å². The van der Waals surface area contributed by atoms with Gasteiger partial charge in [-0.15, -0.1) is 0 Å². The molecule has 1 aliphatic rings. The smallest absolute Gasteiger partial charge is 0.408 e. The third-order valence-corrected chi connectivity index (χ3v) is 5.29. The van der Waals surface area contributed by atoms with E-state index in [4.69, 9.17) is 4.74 Å². The molecule has 0 saturated carbocycles. The summed E-state index contributed by atoms with van der Waals surface area (Å²) in [7, 11) is 0. The highest BCUT2D eigenvalue weighted by molar-refractivity contribution is 5.87. The topological polar surface area (TPSA) is 58.6 Å². The Hall–Kier alpha value is -2.25. The molecule has 1 heterocycles. The second-order valence-electron chi connectivity index (χ2n) is 10.1. The van der Waals surface area contributed by atoms with E-state index in [9.17, 15) is 22.8 Å². The minimum atomic E-state index is -1.54. The summed E-state index contributed by atoms with van der Waals surface area (Å²) in [6.07, 6.45) is 0.328. The number of hydrogen-bond donors (Lipinski definition) is 1. The summed E-state index contributed by atoms with van der Waals surface area (Å²) in [5.41, 5.74) is -2.25. The zero-order valence-corrected chi connectivity index (χ0v) is 18.7. The zero-order valence-electron chi connectivity index (χ0n) is 18.7. The summed E-state index contributed by atoms with van der Waals surface area (Å²) in [6.45, 7) is 12.6. The lowest BCUT2D eigenvalue weighted by molar-refractivity contribution is -0.140. The van der Waals surface area contributed by atoms with Gasteiger partial charge in [0.25, 0.3) is 0 Å². The summed E-state index contributed by atoms with van der Waals surface area (Å²) in [6, 6.07) is 0.925. The number of amides is 2. The van der Waals surface area contributed by atoms with Crippen molar-refractivity contribution in [3.05, 3.63) is 35.1 Å². The van der Waals surface area contributed by atoms with Gasteiger partial charge in [0, 0.05) is 6.54 Å². The summed E-state index contributed by atoms with van der Waals surface area (Å²) < 4.78 is 46.5. The van der Waals surface area contributed by atoms with Crippen LogP contribution in [0.2, 0.25) is 0 Å². The predicted octanol–water partition coefficient (Wildman–Crippen LogP) is 4.88. The van der Waals surface area contributed by atoms with Crippen molar-refractivity contribution in [3.63, 3.8) is 0 Å². The number of nitrogens with one attached hydrogen (secondary N) is 1. The molecule has 2 rings (SSSR count). The number of carbonyl (C=O) groups excluding carboxylic acids is 2. The van der Waals surface area contributed by atoms with Crippen molar-refractivity contribution >= 4 is 12.0 Å². The molecule has 0 bridgehead atoms. The second-order valence-corrected chi connectivity index (χ2v) is 10.1. The lowest BCUT2D eigenvalue weighted by Crippen LogP contribution is -2.58. The Morgan fingerprint density at radius 3 is 2.10 bits per heavy atom. The number of nitrogens with zero attached hydrogens (tertiary/aromatic N) is 1. The summed E-state index contributed by atoms with van der Waals surface area (Å²) >= 11 is 0. The van der Waals surface area contributed by atoms with Crippen LogP contribution in [-0.4, -0.2) is 35.1 Å². The number of hydrogen-bond acceptors (Lipinski definition) is 3. The van der Waals surface area contributed by atoms with Crippen LogP contribution in [0.3, 0.4) is 0 Å². The number of carbonyl (C=O) groups is 2. The SMILES string of the molecule is CC(C)(C)OC(=O)NC(C(=O)N1CCC[C@]1(C)c1cc(F)c(F)c(F)c1)C(C)(C)C. The fraction of sp³-hybridized carbons (Fsp3) is 0.636. The maximum absolute atomic E-state index is 13.9. The Morgan fingerprint density at radius 2 is 1.63 bits per heavy atom. The van der Waals surface area contributed by atoms with Crippen LogP contribution in [0, 0.1) is 22.9 Å². The van der Waals surface area contributed by atoms with Gasteiger partial charge in [-0.05, 0) is 63.6 Å². The van der Waals surface area contributed by atoms with E-state index in [0.717, 1.165) is 12.1 Å². The zero-order chi connectivity index (χ0) is 23.1. The van der Waals surface area contributed by atoms with Crippen LogP contribution in [-0.2, 0) is 15.1 Å². The molecule has 2 amide bonds. The van der Waals surface area contributed by atoms with Gasteiger partial charge in [-0.2, -0.15) is 0 Å². The van der Waals surface area contributed by atoms with Gasteiger partial charge >= 0.3 is 6.09 Å². The van der Waals surface area contributed by atoms with Crippen molar-refractivity contribution in [3.8, 4) is 0 Å². The molecule has 5 nitrogen and oxygen atoms in total. The van der Waals surface area contributed by atoms with Crippen LogP contribution < -0.4 is 5.32 Å². The second kappa shape index (κ2) is 8.12. The number of ether oxygens (including phenoxy) is 1. The number of alkyl carbamates (subject to hydrolysis) is 1. The predicted molar refractivity (Wildman–Crippen MR) is 107 cm³/mol. The van der Waals surface area contributed by atoms with Gasteiger partial charge in [0.15, 0.2) is 17.5 Å². The molecular weight excluding hydrogens is 397 g/mol. The van der Waals surface area contributed by atoms with Gasteiger partial charge in [0.05, 0.1) is 5.54 Å². The molecular formula is C22H31F3N2O3. The van der Waals surface area contributed by atoms with E-state index in [1.165, 1.54) is 4.90 Å². The average Bonchev–Trinajstić information content (AvgIpc) is 2.97. The molecule has 1 unspecified atom stereocenters. The fourth-order valence-corrected chi connectivity index (χ4v) is 3.71. The molecule has 2 atom stereocenters. The first-order valence-corrected chi connectivity index (χ1v) is 10.0. The maximum Gasteiger partial charge on any atom is 0.408 e. The van der Waals surface area contributed by atoms with Crippen molar-refractivity contribution in [2.24, 2.45) is 5.41 Å². The van der Waals surface area contributed by atoms with E-state index in [1.54, 1.807) is 48.5 Å². The summed E-state index contributed by atoms with van der Waals surface area (Å²) in [5, 5.41) is 2.65. The Bertz CT molecular complexity index is 807. The van der Waals surface area contributed by atoms with E-state index in [-0.39, 0.29) is 5.56 Å². The molecule has 1 fully saturated rings. The molecule has 0 aromatic heterocycles. The van der Waals surface area contributed by atoms with E-state index < -0.39 is 52.0 Å². The molecule has 1 N–H and O–H groups in total. The van der Waals surface area contributed by atoms with Crippen LogP contribution >= 0.6 is 0 Å². The van der Waals surface area contributed by atoms with Crippen molar-refractivity contribution < 1.29 is 27.5 Å². The monoisotopic (exact) mass is 428 g/mol. The molecule has 0 spiro atoms. The number of likely N-dealkylation sites (tertiary alicyclic amines) is 1. The molecule has 8 heteroatoms. The maximum atomic E-state index is 13.9. The number of benzene rings is 1. The number of halogens is 3. The fourth-order valence-electron chi connectivity index (χ4n) is 3.71. The van der Waals surface area contributed by atoms with Crippen molar-refractivity contribution in [2.45, 2.75) is 78.5 Å². The third kappa shape index (κ3) is 5.08. The van der Waals surface area contributed by atoms with Crippen LogP contribution in [0.5, 0.6) is 0 Å². The van der Waals surface area contributed by atoms with Gasteiger partial charge in [-0.1, -0.05) is 20.8 Å². The van der Waals surface area contributed by atoms with Crippen LogP contribution in [0.1, 0.15) is 66.9 Å². The average molecular weight is 428 g/mol. The van der Waals surface area contributed by atoms with Gasteiger partial charge < -0.3 is 15.0 Å². The highest BCUT2D eigenvalue weighted by atomic mass is 19.2. The Kier molecular flexibility index (Phi) is 6.50. The Labute approximate surface area is 176 Å². The van der Waals surface area contributed by atoms with Crippen molar-refractivity contribution in [1.29, 1.82) is 0 Å². The van der Waals surface area contributed by atoms with Crippen LogP contribution in [0.4, 0.5) is 18.0 Å². The Morgan fingerprint density at radius 1 is 1.10 bits per heavy atom. The van der Waals surface area contributed by atoms with Gasteiger partial charge in [0.1, 0.15) is 11.6 Å². The third-order valence-electron chi connectivity index (χ3n) is 5.29. The highest BCUT2D eigenvalue weighted by Crippen LogP contribution is 2.41. The molecule has 30 heavy (non-hydrogen) atoms. The van der Waals surface area contributed by atoms with E-state index in [2.05, 4.69) is 5.32 Å². The Balaban J connectivity index is 2.38. The van der Waals surface area contributed by atoms with E-state index in [0.29, 0.717) is 19.4 Å². The van der Waals surface area contributed by atoms with E-state index in [1.807, 2.05) is 0 Å².